The standard InChI is InChI=1S/C22H21F3N4/c1-13-5-11-16(12-6-13)29-20-17(18(28-29)21(2,3)4)26-19(27-20)14-7-9-15(10-8-14)22(23,24)25/h5-12H,1-4H3,(H,26,27). The number of benzene rings is 2. The van der Waals surface area contributed by atoms with Crippen molar-refractivity contribution in [1.82, 2.24) is 19.7 Å². The summed E-state index contributed by atoms with van der Waals surface area (Å²) in [6, 6.07) is 13.0. The molecule has 4 aromatic rings. The van der Waals surface area contributed by atoms with E-state index in [-0.39, 0.29) is 5.41 Å². The number of nitrogens with zero attached hydrogens (tertiary/aromatic N) is 3. The molecule has 0 unspecified atom stereocenters. The highest BCUT2D eigenvalue weighted by Gasteiger charge is 2.30. The van der Waals surface area contributed by atoms with Crippen LogP contribution in [0.2, 0.25) is 0 Å². The number of nitrogens with one attached hydrogen (secondary N) is 1. The molecule has 7 heteroatoms. The molecule has 29 heavy (non-hydrogen) atoms. The van der Waals surface area contributed by atoms with E-state index in [1.807, 2.05) is 31.2 Å². The Bertz CT molecular complexity index is 1160. The van der Waals surface area contributed by atoms with Gasteiger partial charge in [0.25, 0.3) is 0 Å². The fourth-order valence-corrected chi connectivity index (χ4v) is 3.21. The van der Waals surface area contributed by atoms with Gasteiger partial charge in [0.05, 0.1) is 16.9 Å². The van der Waals surface area contributed by atoms with Crippen LogP contribution < -0.4 is 0 Å². The van der Waals surface area contributed by atoms with Crippen LogP contribution in [0.3, 0.4) is 0 Å². The molecular formula is C22H21F3N4. The van der Waals surface area contributed by atoms with Gasteiger partial charge in [-0.05, 0) is 31.2 Å². The fraction of sp³-hybridized carbons (Fsp3) is 0.273. The van der Waals surface area contributed by atoms with Gasteiger partial charge in [0.15, 0.2) is 5.65 Å². The van der Waals surface area contributed by atoms with Crippen molar-refractivity contribution in [1.29, 1.82) is 0 Å². The average molecular weight is 398 g/mol. The Morgan fingerprint density at radius 1 is 0.897 bits per heavy atom. The summed E-state index contributed by atoms with van der Waals surface area (Å²) in [7, 11) is 0. The van der Waals surface area contributed by atoms with Crippen LogP contribution in [0.25, 0.3) is 28.2 Å². The van der Waals surface area contributed by atoms with Gasteiger partial charge < -0.3 is 4.98 Å². The van der Waals surface area contributed by atoms with E-state index in [0.29, 0.717) is 22.6 Å². The Kier molecular flexibility index (Phi) is 4.29. The summed E-state index contributed by atoms with van der Waals surface area (Å²) in [6.07, 6.45) is -4.36. The minimum Gasteiger partial charge on any atom is -0.322 e. The molecule has 0 aliphatic carbocycles. The molecule has 0 bridgehead atoms. The Balaban J connectivity index is 1.87. The van der Waals surface area contributed by atoms with Crippen molar-refractivity contribution in [2.75, 3.05) is 0 Å². The molecule has 0 radical (unpaired) electrons. The molecule has 4 rings (SSSR count). The van der Waals surface area contributed by atoms with Crippen LogP contribution in [0, 0.1) is 6.92 Å². The van der Waals surface area contributed by atoms with Crippen LogP contribution >= 0.6 is 0 Å². The van der Waals surface area contributed by atoms with Crippen molar-refractivity contribution >= 4 is 11.2 Å². The zero-order valence-electron chi connectivity index (χ0n) is 16.6. The number of halogens is 3. The molecule has 1 N–H and O–H groups in total. The molecule has 2 heterocycles. The molecule has 2 aromatic carbocycles. The van der Waals surface area contributed by atoms with Crippen LogP contribution in [0.4, 0.5) is 13.2 Å². The van der Waals surface area contributed by atoms with E-state index in [1.54, 1.807) is 4.68 Å². The van der Waals surface area contributed by atoms with Crippen molar-refractivity contribution in [3.63, 3.8) is 0 Å². The van der Waals surface area contributed by atoms with Crippen molar-refractivity contribution in [3.8, 4) is 17.1 Å². The molecule has 0 aliphatic heterocycles. The molecule has 0 aliphatic rings. The summed E-state index contributed by atoms with van der Waals surface area (Å²) < 4.78 is 40.4. The molecule has 0 saturated heterocycles. The van der Waals surface area contributed by atoms with Crippen LogP contribution in [0.15, 0.2) is 48.5 Å². The zero-order valence-corrected chi connectivity index (χ0v) is 16.6. The largest absolute Gasteiger partial charge is 0.416 e. The lowest BCUT2D eigenvalue weighted by molar-refractivity contribution is -0.137. The summed E-state index contributed by atoms with van der Waals surface area (Å²) >= 11 is 0. The van der Waals surface area contributed by atoms with E-state index in [9.17, 15) is 13.2 Å². The molecule has 0 spiro atoms. The molecule has 2 aromatic heterocycles. The highest BCUT2D eigenvalue weighted by atomic mass is 19.4. The van der Waals surface area contributed by atoms with Gasteiger partial charge in [-0.25, -0.2) is 9.67 Å². The summed E-state index contributed by atoms with van der Waals surface area (Å²) in [5.74, 6) is 0.512. The average Bonchev–Trinajstić information content (AvgIpc) is 3.20. The minimum absolute atomic E-state index is 0.249. The third kappa shape index (κ3) is 3.52. The van der Waals surface area contributed by atoms with Gasteiger partial charge in [-0.3, -0.25) is 0 Å². The maximum Gasteiger partial charge on any atom is 0.416 e. The lowest BCUT2D eigenvalue weighted by Crippen LogP contribution is -2.13. The third-order valence-electron chi connectivity index (χ3n) is 4.80. The number of fused-ring (bicyclic) bond motifs is 1. The number of H-pyrrole nitrogens is 1. The van der Waals surface area contributed by atoms with Gasteiger partial charge in [-0.15, -0.1) is 0 Å². The van der Waals surface area contributed by atoms with Gasteiger partial charge >= 0.3 is 6.18 Å². The Morgan fingerprint density at radius 3 is 2.07 bits per heavy atom. The Hall–Kier alpha value is -3.09. The number of hydrogen-bond donors (Lipinski definition) is 1. The monoisotopic (exact) mass is 398 g/mol. The summed E-state index contributed by atoms with van der Waals surface area (Å²) in [5.41, 5.74) is 3.94. The highest BCUT2D eigenvalue weighted by molar-refractivity contribution is 5.81. The van der Waals surface area contributed by atoms with E-state index in [1.165, 1.54) is 12.1 Å². The van der Waals surface area contributed by atoms with Gasteiger partial charge in [-0.2, -0.15) is 18.3 Å². The second-order valence-electron chi connectivity index (χ2n) is 8.20. The van der Waals surface area contributed by atoms with Gasteiger partial charge in [0.2, 0.25) is 0 Å². The fourth-order valence-electron chi connectivity index (χ4n) is 3.21. The van der Waals surface area contributed by atoms with Crippen LogP contribution in [0.1, 0.15) is 37.6 Å². The van der Waals surface area contributed by atoms with E-state index < -0.39 is 11.7 Å². The van der Waals surface area contributed by atoms with E-state index >= 15 is 0 Å². The van der Waals surface area contributed by atoms with Crippen molar-refractivity contribution in [2.24, 2.45) is 0 Å². The molecule has 4 nitrogen and oxygen atoms in total. The third-order valence-corrected chi connectivity index (χ3v) is 4.80. The first-order valence-electron chi connectivity index (χ1n) is 9.28. The highest BCUT2D eigenvalue weighted by Crippen LogP contribution is 2.33. The van der Waals surface area contributed by atoms with Crippen molar-refractivity contribution in [2.45, 2.75) is 39.3 Å². The first-order chi connectivity index (χ1) is 13.5. The Morgan fingerprint density at radius 2 is 1.52 bits per heavy atom. The predicted molar refractivity (Wildman–Crippen MR) is 107 cm³/mol. The molecule has 0 amide bonds. The normalized spacial score (nSPS) is 12.7. The van der Waals surface area contributed by atoms with Crippen molar-refractivity contribution in [3.05, 3.63) is 65.4 Å². The zero-order chi connectivity index (χ0) is 21.0. The number of aryl methyl sites for hydroxylation is 1. The first-order valence-corrected chi connectivity index (χ1v) is 9.28. The van der Waals surface area contributed by atoms with Crippen LogP contribution in [-0.2, 0) is 11.6 Å². The summed E-state index contributed by atoms with van der Waals surface area (Å²) in [5, 5.41) is 4.78. The maximum atomic E-state index is 12.9. The van der Waals surface area contributed by atoms with E-state index in [4.69, 9.17) is 5.10 Å². The lowest BCUT2D eigenvalue weighted by Gasteiger charge is -2.14. The topological polar surface area (TPSA) is 46.5 Å². The van der Waals surface area contributed by atoms with Gasteiger partial charge in [0, 0.05) is 11.0 Å². The molecule has 0 saturated carbocycles. The number of alkyl halides is 3. The maximum absolute atomic E-state index is 12.9. The SMILES string of the molecule is Cc1ccc(-n2nc(C(C)(C)C)c3nc(-c4ccc(C(F)(F)F)cc4)[nH]c32)cc1. The number of hydrogen-bond acceptors (Lipinski definition) is 2. The summed E-state index contributed by atoms with van der Waals surface area (Å²) in [6.45, 7) is 8.18. The quantitative estimate of drug-likeness (QED) is 0.447. The molecule has 0 atom stereocenters. The molecule has 150 valence electrons. The van der Waals surface area contributed by atoms with Gasteiger partial charge in [-0.1, -0.05) is 50.6 Å². The number of aromatic amines is 1. The molecular weight excluding hydrogens is 377 g/mol. The first kappa shape index (κ1) is 19.2. The number of aromatic nitrogens is 4. The predicted octanol–water partition coefficient (Wildman–Crippen LogP) is 6.04. The second-order valence-corrected chi connectivity index (χ2v) is 8.20. The Labute approximate surface area is 166 Å². The summed E-state index contributed by atoms with van der Waals surface area (Å²) in [4.78, 5) is 7.94. The second kappa shape index (κ2) is 6.47. The van der Waals surface area contributed by atoms with Crippen LogP contribution in [-0.4, -0.2) is 19.7 Å². The lowest BCUT2D eigenvalue weighted by atomic mass is 9.92. The smallest absolute Gasteiger partial charge is 0.322 e. The van der Waals surface area contributed by atoms with E-state index in [2.05, 4.69) is 30.7 Å². The number of rotatable bonds is 2. The van der Waals surface area contributed by atoms with E-state index in [0.717, 1.165) is 29.1 Å². The molecule has 0 fully saturated rings. The minimum atomic E-state index is -4.36. The number of imidazole rings is 1. The van der Waals surface area contributed by atoms with Crippen LogP contribution in [0.5, 0.6) is 0 Å². The van der Waals surface area contributed by atoms with Crippen molar-refractivity contribution < 1.29 is 13.2 Å². The van der Waals surface area contributed by atoms with Gasteiger partial charge in [0.1, 0.15) is 11.3 Å².